The van der Waals surface area contributed by atoms with Crippen molar-refractivity contribution in [2.75, 3.05) is 0 Å². The Morgan fingerprint density at radius 2 is 1.83 bits per heavy atom. The largest absolute Gasteiger partial charge is 0.0877 e. The van der Waals surface area contributed by atoms with Crippen LogP contribution in [0.3, 0.4) is 0 Å². The van der Waals surface area contributed by atoms with Gasteiger partial charge in [-0.05, 0) is 67.1 Å². The summed E-state index contributed by atoms with van der Waals surface area (Å²) in [5.41, 5.74) is 0.613. The fourth-order valence-corrected chi connectivity index (χ4v) is 5.43. The van der Waals surface area contributed by atoms with E-state index in [0.29, 0.717) is 5.41 Å². The van der Waals surface area contributed by atoms with Gasteiger partial charge in [0.2, 0.25) is 0 Å². The van der Waals surface area contributed by atoms with E-state index in [0.717, 1.165) is 29.6 Å². The highest BCUT2D eigenvalue weighted by atomic mass is 14.5. The molecule has 0 N–H and O–H groups in total. The lowest BCUT2D eigenvalue weighted by Gasteiger charge is -2.52. The van der Waals surface area contributed by atoms with Crippen LogP contribution in [0.5, 0.6) is 0 Å². The van der Waals surface area contributed by atoms with Crippen LogP contribution in [0.4, 0.5) is 0 Å². The van der Waals surface area contributed by atoms with Gasteiger partial charge in [-0.3, -0.25) is 0 Å². The summed E-state index contributed by atoms with van der Waals surface area (Å²) >= 11 is 0. The van der Waals surface area contributed by atoms with Gasteiger partial charge in [-0.2, -0.15) is 0 Å². The lowest BCUT2D eigenvalue weighted by atomic mass is 9.52. The molecule has 0 aromatic heterocycles. The van der Waals surface area contributed by atoms with Crippen molar-refractivity contribution in [3.8, 4) is 0 Å². The summed E-state index contributed by atoms with van der Waals surface area (Å²) in [5.74, 6) is 4.53. The molecule has 0 aromatic carbocycles. The zero-order valence-corrected chi connectivity index (χ0v) is 11.4. The number of fused-ring (bicyclic) bond motifs is 5. The van der Waals surface area contributed by atoms with Crippen LogP contribution in [-0.4, -0.2) is 0 Å². The maximum absolute atomic E-state index is 2.57. The van der Waals surface area contributed by atoms with Gasteiger partial charge < -0.3 is 0 Å². The summed E-state index contributed by atoms with van der Waals surface area (Å²) in [6, 6.07) is 0. The average molecular weight is 240 g/mol. The lowest BCUT2D eigenvalue weighted by Crippen LogP contribution is -2.45. The topological polar surface area (TPSA) is 0 Å². The van der Waals surface area contributed by atoms with Crippen LogP contribution in [0, 0.1) is 35.0 Å². The highest BCUT2D eigenvalue weighted by molar-refractivity contribution is 5.20. The maximum atomic E-state index is 2.57. The van der Waals surface area contributed by atoms with Crippen molar-refractivity contribution >= 4 is 0 Å². The molecule has 2 fully saturated rings. The molecule has 4 aliphatic carbocycles. The van der Waals surface area contributed by atoms with Gasteiger partial charge >= 0.3 is 0 Å². The molecule has 0 spiro atoms. The van der Waals surface area contributed by atoms with Crippen molar-refractivity contribution in [1.29, 1.82) is 0 Å². The summed E-state index contributed by atoms with van der Waals surface area (Å²) < 4.78 is 0. The summed E-state index contributed by atoms with van der Waals surface area (Å²) in [4.78, 5) is 0. The SMILES string of the molecule is C[C@@]12CC=C[C@H]1[C@@H]1CCC3C=CC=C[C@@H]3[C@H]1CC2. The molecule has 0 aromatic rings. The molecule has 2 saturated carbocycles. The summed E-state index contributed by atoms with van der Waals surface area (Å²) in [6.45, 7) is 2.54. The Bertz CT molecular complexity index is 427. The van der Waals surface area contributed by atoms with E-state index in [1.54, 1.807) is 0 Å². The molecular formula is C18H24. The van der Waals surface area contributed by atoms with Gasteiger partial charge in [0, 0.05) is 0 Å². The van der Waals surface area contributed by atoms with Crippen LogP contribution in [0.15, 0.2) is 36.5 Å². The fraction of sp³-hybridized carbons (Fsp3) is 0.667. The van der Waals surface area contributed by atoms with Gasteiger partial charge in [-0.25, -0.2) is 0 Å². The molecule has 1 unspecified atom stereocenters. The van der Waals surface area contributed by atoms with Gasteiger partial charge in [0.25, 0.3) is 0 Å². The fourth-order valence-electron chi connectivity index (χ4n) is 5.43. The van der Waals surface area contributed by atoms with E-state index in [-0.39, 0.29) is 0 Å². The van der Waals surface area contributed by atoms with Gasteiger partial charge in [-0.1, -0.05) is 43.4 Å². The van der Waals surface area contributed by atoms with E-state index < -0.39 is 0 Å². The second-order valence-electron chi connectivity index (χ2n) is 7.27. The van der Waals surface area contributed by atoms with Crippen LogP contribution in [-0.2, 0) is 0 Å². The Labute approximate surface area is 111 Å². The van der Waals surface area contributed by atoms with Crippen molar-refractivity contribution < 1.29 is 0 Å². The van der Waals surface area contributed by atoms with Crippen molar-refractivity contribution in [1.82, 2.24) is 0 Å². The quantitative estimate of drug-likeness (QED) is 0.536. The first-order valence-electron chi connectivity index (χ1n) is 7.80. The molecule has 4 aliphatic rings. The minimum absolute atomic E-state index is 0.613. The van der Waals surface area contributed by atoms with Gasteiger partial charge in [0.15, 0.2) is 0 Å². The number of rotatable bonds is 0. The molecule has 96 valence electrons. The molecule has 0 aliphatic heterocycles. The summed E-state index contributed by atoms with van der Waals surface area (Å²) in [6.07, 6.45) is 21.7. The van der Waals surface area contributed by atoms with E-state index in [4.69, 9.17) is 0 Å². The predicted molar refractivity (Wildman–Crippen MR) is 76.1 cm³/mol. The Hall–Kier alpha value is -0.780. The van der Waals surface area contributed by atoms with E-state index in [1.807, 2.05) is 0 Å². The van der Waals surface area contributed by atoms with Gasteiger partial charge in [0.1, 0.15) is 0 Å². The summed E-state index contributed by atoms with van der Waals surface area (Å²) in [7, 11) is 0. The van der Waals surface area contributed by atoms with Gasteiger partial charge in [-0.15, -0.1) is 0 Å². The summed E-state index contributed by atoms with van der Waals surface area (Å²) in [5, 5.41) is 0. The van der Waals surface area contributed by atoms with Crippen molar-refractivity contribution in [2.24, 2.45) is 35.0 Å². The molecule has 18 heavy (non-hydrogen) atoms. The molecule has 0 saturated heterocycles. The minimum atomic E-state index is 0.613. The molecule has 4 rings (SSSR count). The van der Waals surface area contributed by atoms with E-state index in [1.165, 1.54) is 32.1 Å². The van der Waals surface area contributed by atoms with E-state index >= 15 is 0 Å². The lowest BCUT2D eigenvalue weighted by molar-refractivity contribution is -0.00174. The van der Waals surface area contributed by atoms with Crippen LogP contribution in [0.2, 0.25) is 0 Å². The molecule has 0 amide bonds. The highest BCUT2D eigenvalue weighted by Gasteiger charge is 2.50. The van der Waals surface area contributed by atoms with E-state index in [9.17, 15) is 0 Å². The van der Waals surface area contributed by atoms with Gasteiger partial charge in [0.05, 0.1) is 0 Å². The third-order valence-corrected chi connectivity index (χ3v) is 6.42. The first kappa shape index (κ1) is 11.1. The molecule has 0 heterocycles. The first-order valence-corrected chi connectivity index (χ1v) is 7.80. The highest BCUT2D eigenvalue weighted by Crippen LogP contribution is 2.59. The molecule has 0 nitrogen and oxygen atoms in total. The smallest absolute Gasteiger partial charge is 0.0136 e. The molecule has 0 heteroatoms. The van der Waals surface area contributed by atoms with Crippen molar-refractivity contribution in [2.45, 2.75) is 39.0 Å². The van der Waals surface area contributed by atoms with Crippen LogP contribution < -0.4 is 0 Å². The zero-order chi connectivity index (χ0) is 12.2. The zero-order valence-electron chi connectivity index (χ0n) is 11.4. The average Bonchev–Trinajstić information content (AvgIpc) is 2.80. The van der Waals surface area contributed by atoms with Crippen molar-refractivity contribution in [3.63, 3.8) is 0 Å². The van der Waals surface area contributed by atoms with Crippen LogP contribution >= 0.6 is 0 Å². The Kier molecular flexibility index (Phi) is 2.37. The minimum Gasteiger partial charge on any atom is -0.0877 e. The second-order valence-corrected chi connectivity index (χ2v) is 7.27. The number of allylic oxidation sites excluding steroid dienone is 6. The van der Waals surface area contributed by atoms with Crippen LogP contribution in [0.1, 0.15) is 39.0 Å². The Balaban J connectivity index is 1.65. The molecule has 0 radical (unpaired) electrons. The monoisotopic (exact) mass is 240 g/mol. The third-order valence-electron chi connectivity index (χ3n) is 6.42. The number of hydrogen-bond donors (Lipinski definition) is 0. The third kappa shape index (κ3) is 1.44. The normalized spacial score (nSPS) is 52.8. The van der Waals surface area contributed by atoms with Crippen molar-refractivity contribution in [3.05, 3.63) is 36.5 Å². The molecule has 6 atom stereocenters. The maximum Gasteiger partial charge on any atom is -0.0136 e. The van der Waals surface area contributed by atoms with E-state index in [2.05, 4.69) is 43.4 Å². The second kappa shape index (κ2) is 3.85. The number of hydrogen-bond acceptors (Lipinski definition) is 0. The predicted octanol–water partition coefficient (Wildman–Crippen LogP) is 4.75. The standard InChI is InChI=1S/C18H24/c1-18-11-4-7-17(18)16-9-8-13-5-2-3-6-14(13)15(16)10-12-18/h2-7,13-17H,8-12H2,1H3/t13?,14-,15+,16+,17-,18-/m0/s1. The first-order chi connectivity index (χ1) is 8.78. The molecule has 0 bridgehead atoms. The Morgan fingerprint density at radius 1 is 0.944 bits per heavy atom. The Morgan fingerprint density at radius 3 is 2.78 bits per heavy atom. The van der Waals surface area contributed by atoms with Crippen LogP contribution in [0.25, 0.3) is 0 Å². The molecular weight excluding hydrogens is 216 g/mol.